The summed E-state index contributed by atoms with van der Waals surface area (Å²) >= 11 is 1.45. The number of ether oxygens (including phenoxy) is 1. The van der Waals surface area contributed by atoms with Gasteiger partial charge < -0.3 is 19.5 Å². The van der Waals surface area contributed by atoms with E-state index in [0.29, 0.717) is 30.7 Å². The summed E-state index contributed by atoms with van der Waals surface area (Å²) in [7, 11) is 1.71. The molecule has 2 N–H and O–H groups in total. The number of aryl methyl sites for hydroxylation is 1. The van der Waals surface area contributed by atoms with Crippen LogP contribution in [0.25, 0.3) is 0 Å². The molecule has 4 rings (SSSR count). The molecule has 1 saturated heterocycles. The molecule has 1 atom stereocenters. The number of amides is 2. The molecule has 2 aromatic heterocycles. The van der Waals surface area contributed by atoms with E-state index in [0.717, 1.165) is 36.4 Å². The third-order valence-electron chi connectivity index (χ3n) is 4.77. The first-order valence-electron chi connectivity index (χ1n) is 9.00. The van der Waals surface area contributed by atoms with Gasteiger partial charge in [0.25, 0.3) is 5.56 Å². The molecule has 0 radical (unpaired) electrons. The lowest BCUT2D eigenvalue weighted by molar-refractivity contribution is 0.112. The number of piperidine rings is 1. The monoisotopic (exact) mass is 390 g/mol. The van der Waals surface area contributed by atoms with Crippen molar-refractivity contribution in [1.82, 2.24) is 19.9 Å². The van der Waals surface area contributed by atoms with E-state index in [4.69, 9.17) is 4.74 Å². The van der Waals surface area contributed by atoms with Crippen LogP contribution < -0.4 is 21.1 Å². The lowest BCUT2D eigenvalue weighted by Crippen LogP contribution is -2.50. The number of thiazole rings is 1. The van der Waals surface area contributed by atoms with E-state index in [1.807, 2.05) is 4.90 Å². The van der Waals surface area contributed by atoms with Gasteiger partial charge in [-0.2, -0.15) is 0 Å². The van der Waals surface area contributed by atoms with E-state index in [2.05, 4.69) is 20.6 Å². The first-order chi connectivity index (χ1) is 13.1. The van der Waals surface area contributed by atoms with Gasteiger partial charge in [-0.25, -0.2) is 14.8 Å². The fourth-order valence-corrected chi connectivity index (χ4v) is 4.33. The number of nitrogens with zero attached hydrogens (tertiary/aromatic N) is 4. The highest BCUT2D eigenvalue weighted by molar-refractivity contribution is 7.15. The fraction of sp³-hybridized carbons (Fsp3) is 0.529. The number of hydrogen-bond donors (Lipinski definition) is 2. The Kier molecular flexibility index (Phi) is 5.08. The van der Waals surface area contributed by atoms with Gasteiger partial charge in [-0.15, -0.1) is 0 Å². The first-order valence-corrected chi connectivity index (χ1v) is 9.82. The summed E-state index contributed by atoms with van der Waals surface area (Å²) in [5.41, 5.74) is 0.884. The van der Waals surface area contributed by atoms with E-state index in [1.54, 1.807) is 19.4 Å². The smallest absolute Gasteiger partial charge is 0.321 e. The molecule has 0 spiro atoms. The predicted octanol–water partition coefficient (Wildman–Crippen LogP) is 1.10. The summed E-state index contributed by atoms with van der Waals surface area (Å²) in [6, 6.07) is -0.328. The molecular formula is C17H22N6O3S. The summed E-state index contributed by atoms with van der Waals surface area (Å²) in [6.07, 6.45) is 5.78. The Morgan fingerprint density at radius 2 is 2.33 bits per heavy atom. The fourth-order valence-electron chi connectivity index (χ4n) is 3.39. The van der Waals surface area contributed by atoms with Gasteiger partial charge in [-0.1, -0.05) is 11.3 Å². The van der Waals surface area contributed by atoms with Crippen LogP contribution in [-0.2, 0) is 24.8 Å². The standard InChI is InChI=1S/C17H22N6O3S/c1-22-7-5-18-14(15(22)24)23-6-2-3-11(9-23)19-16(25)21-17-20-12-4-8-26-10-13(12)27-17/h5,7,11H,2-4,6,8-10H2,1H3,(H2,19,20,21,25). The highest BCUT2D eigenvalue weighted by Crippen LogP contribution is 2.27. The molecule has 1 unspecified atom stereocenters. The Hall–Kier alpha value is -2.46. The average molecular weight is 390 g/mol. The molecule has 4 heterocycles. The molecule has 0 aliphatic carbocycles. The van der Waals surface area contributed by atoms with Gasteiger partial charge in [-0.05, 0) is 12.8 Å². The number of fused-ring (bicyclic) bond motifs is 1. The molecule has 27 heavy (non-hydrogen) atoms. The normalized spacial score (nSPS) is 19.4. The number of rotatable bonds is 3. The molecule has 144 valence electrons. The maximum atomic E-state index is 12.4. The largest absolute Gasteiger partial charge is 0.375 e. The van der Waals surface area contributed by atoms with Crippen LogP contribution >= 0.6 is 11.3 Å². The maximum absolute atomic E-state index is 12.4. The topological polar surface area (TPSA) is 101 Å². The predicted molar refractivity (Wildman–Crippen MR) is 102 cm³/mol. The van der Waals surface area contributed by atoms with E-state index >= 15 is 0 Å². The van der Waals surface area contributed by atoms with Gasteiger partial charge in [0.15, 0.2) is 10.9 Å². The van der Waals surface area contributed by atoms with E-state index in [-0.39, 0.29) is 17.6 Å². The molecule has 2 aliphatic heterocycles. The molecule has 10 heteroatoms. The Morgan fingerprint density at radius 3 is 3.19 bits per heavy atom. The van der Waals surface area contributed by atoms with Gasteiger partial charge in [0.2, 0.25) is 0 Å². The Labute approximate surface area is 160 Å². The zero-order chi connectivity index (χ0) is 18.8. The van der Waals surface area contributed by atoms with Gasteiger partial charge in [-0.3, -0.25) is 10.1 Å². The van der Waals surface area contributed by atoms with Crippen LogP contribution in [0.2, 0.25) is 0 Å². The zero-order valence-corrected chi connectivity index (χ0v) is 15.9. The molecule has 9 nitrogen and oxygen atoms in total. The van der Waals surface area contributed by atoms with Crippen molar-refractivity contribution in [3.63, 3.8) is 0 Å². The van der Waals surface area contributed by atoms with E-state index in [9.17, 15) is 9.59 Å². The maximum Gasteiger partial charge on any atom is 0.321 e. The van der Waals surface area contributed by atoms with Crippen molar-refractivity contribution in [2.24, 2.45) is 7.05 Å². The van der Waals surface area contributed by atoms with Crippen molar-refractivity contribution in [2.75, 3.05) is 29.9 Å². The summed E-state index contributed by atoms with van der Waals surface area (Å²) in [5, 5.41) is 6.40. The minimum Gasteiger partial charge on any atom is -0.375 e. The first kappa shape index (κ1) is 17.9. The lowest BCUT2D eigenvalue weighted by atomic mass is 10.1. The third kappa shape index (κ3) is 3.96. The van der Waals surface area contributed by atoms with Crippen LogP contribution in [0.4, 0.5) is 15.7 Å². The summed E-state index contributed by atoms with van der Waals surface area (Å²) in [5.74, 6) is 0.430. The number of carbonyl (C=O) groups excluding carboxylic acids is 1. The number of carbonyl (C=O) groups is 1. The molecular weight excluding hydrogens is 368 g/mol. The number of nitrogens with one attached hydrogen (secondary N) is 2. The van der Waals surface area contributed by atoms with E-state index in [1.165, 1.54) is 15.9 Å². The van der Waals surface area contributed by atoms with Crippen LogP contribution in [0.1, 0.15) is 23.4 Å². The van der Waals surface area contributed by atoms with E-state index < -0.39 is 0 Å². The van der Waals surface area contributed by atoms with Crippen LogP contribution in [0.5, 0.6) is 0 Å². The van der Waals surface area contributed by atoms with Crippen molar-refractivity contribution in [2.45, 2.75) is 31.9 Å². The highest BCUT2D eigenvalue weighted by atomic mass is 32.1. The van der Waals surface area contributed by atoms with Crippen molar-refractivity contribution in [3.05, 3.63) is 33.3 Å². The molecule has 0 saturated carbocycles. The van der Waals surface area contributed by atoms with Crippen LogP contribution in [0.15, 0.2) is 17.2 Å². The zero-order valence-electron chi connectivity index (χ0n) is 15.1. The van der Waals surface area contributed by atoms with Gasteiger partial charge in [0.1, 0.15) is 0 Å². The molecule has 0 aromatic carbocycles. The molecule has 1 fully saturated rings. The SMILES string of the molecule is Cn1ccnc(N2CCCC(NC(=O)Nc3nc4c(s3)COCC4)C2)c1=O. The molecule has 2 amide bonds. The third-order valence-corrected chi connectivity index (χ3v) is 5.76. The molecule has 2 aromatic rings. The Morgan fingerprint density at radius 1 is 1.44 bits per heavy atom. The molecule has 2 aliphatic rings. The average Bonchev–Trinajstić information content (AvgIpc) is 3.06. The van der Waals surface area contributed by atoms with Crippen molar-refractivity contribution < 1.29 is 9.53 Å². The molecule has 0 bridgehead atoms. The van der Waals surface area contributed by atoms with Crippen molar-refractivity contribution in [3.8, 4) is 0 Å². The number of urea groups is 1. The van der Waals surface area contributed by atoms with Crippen LogP contribution in [0, 0.1) is 0 Å². The lowest BCUT2D eigenvalue weighted by Gasteiger charge is -2.33. The summed E-state index contributed by atoms with van der Waals surface area (Å²) < 4.78 is 6.92. The minimum atomic E-state index is -0.275. The Bertz CT molecular complexity index is 872. The second kappa shape index (κ2) is 7.65. The summed E-state index contributed by atoms with van der Waals surface area (Å²) in [6.45, 7) is 2.55. The van der Waals surface area contributed by atoms with Crippen molar-refractivity contribution >= 4 is 28.3 Å². The number of anilines is 2. The van der Waals surface area contributed by atoms with Gasteiger partial charge in [0.05, 0.1) is 23.8 Å². The van der Waals surface area contributed by atoms with Crippen LogP contribution in [0.3, 0.4) is 0 Å². The van der Waals surface area contributed by atoms with Gasteiger partial charge in [0, 0.05) is 45.0 Å². The van der Waals surface area contributed by atoms with Gasteiger partial charge >= 0.3 is 6.03 Å². The highest BCUT2D eigenvalue weighted by Gasteiger charge is 2.25. The number of hydrogen-bond acceptors (Lipinski definition) is 7. The summed E-state index contributed by atoms with van der Waals surface area (Å²) in [4.78, 5) is 36.4. The quantitative estimate of drug-likeness (QED) is 0.814. The Balaban J connectivity index is 1.37. The second-order valence-corrected chi connectivity index (χ2v) is 7.83. The second-order valence-electron chi connectivity index (χ2n) is 6.74. The minimum absolute atomic E-state index is 0.0524. The van der Waals surface area contributed by atoms with Crippen molar-refractivity contribution in [1.29, 1.82) is 0 Å². The van der Waals surface area contributed by atoms with Crippen LogP contribution in [-0.4, -0.2) is 46.3 Å². The number of aromatic nitrogens is 3.